The van der Waals surface area contributed by atoms with Gasteiger partial charge in [-0.2, -0.15) is 0 Å². The molecule has 1 aliphatic rings. The zero-order valence-corrected chi connectivity index (χ0v) is 11.4. The summed E-state index contributed by atoms with van der Waals surface area (Å²) in [6.45, 7) is 7.56. The van der Waals surface area contributed by atoms with Gasteiger partial charge in [0.25, 0.3) is 0 Å². The summed E-state index contributed by atoms with van der Waals surface area (Å²) in [7, 11) is 0. The number of pyridine rings is 1. The highest BCUT2D eigenvalue weighted by atomic mass is 16.5. The van der Waals surface area contributed by atoms with E-state index in [9.17, 15) is 5.11 Å². The molecule has 0 bridgehead atoms. The van der Waals surface area contributed by atoms with Crippen molar-refractivity contribution in [2.75, 3.05) is 18.0 Å². The van der Waals surface area contributed by atoms with Crippen molar-refractivity contribution in [3.63, 3.8) is 0 Å². The minimum absolute atomic E-state index is 0.140. The molecule has 2 heterocycles. The Kier molecular flexibility index (Phi) is 3.76. The van der Waals surface area contributed by atoms with Gasteiger partial charge in [0.15, 0.2) is 11.6 Å². The van der Waals surface area contributed by atoms with Crippen molar-refractivity contribution >= 4 is 5.82 Å². The van der Waals surface area contributed by atoms with Crippen LogP contribution in [0.25, 0.3) is 0 Å². The van der Waals surface area contributed by atoms with E-state index in [0.717, 1.165) is 37.5 Å². The van der Waals surface area contributed by atoms with Crippen molar-refractivity contribution in [1.29, 1.82) is 0 Å². The largest absolute Gasteiger partial charge is 0.487 e. The van der Waals surface area contributed by atoms with Crippen LogP contribution in [0.15, 0.2) is 18.3 Å². The van der Waals surface area contributed by atoms with Gasteiger partial charge in [-0.3, -0.25) is 0 Å². The van der Waals surface area contributed by atoms with Crippen molar-refractivity contribution in [2.45, 2.75) is 45.3 Å². The highest BCUT2D eigenvalue weighted by Gasteiger charge is 2.29. The van der Waals surface area contributed by atoms with E-state index in [1.165, 1.54) is 0 Å². The number of hydrogen-bond acceptors (Lipinski definition) is 4. The number of ether oxygens (including phenoxy) is 1. The second-order valence-corrected chi connectivity index (χ2v) is 5.48. The Labute approximate surface area is 109 Å². The summed E-state index contributed by atoms with van der Waals surface area (Å²) in [5.41, 5.74) is -0.537. The Morgan fingerprint density at radius 2 is 2.06 bits per heavy atom. The third kappa shape index (κ3) is 3.13. The lowest BCUT2D eigenvalue weighted by Gasteiger charge is -2.37. The normalized spacial score (nSPS) is 19.1. The van der Waals surface area contributed by atoms with Gasteiger partial charge in [-0.15, -0.1) is 0 Å². The summed E-state index contributed by atoms with van der Waals surface area (Å²) in [6.07, 6.45) is 3.46. The zero-order valence-electron chi connectivity index (χ0n) is 11.4. The molecule has 2 rings (SSSR count). The molecule has 0 radical (unpaired) electrons. The molecule has 0 spiro atoms. The Morgan fingerprint density at radius 3 is 2.67 bits per heavy atom. The predicted molar refractivity (Wildman–Crippen MR) is 72.1 cm³/mol. The molecule has 4 nitrogen and oxygen atoms in total. The Balaban J connectivity index is 2.13. The average molecular weight is 250 g/mol. The van der Waals surface area contributed by atoms with Gasteiger partial charge in [-0.1, -0.05) is 0 Å². The molecule has 1 saturated heterocycles. The average Bonchev–Trinajstić information content (AvgIpc) is 2.29. The number of aliphatic hydroxyl groups is 1. The molecule has 18 heavy (non-hydrogen) atoms. The smallest absolute Gasteiger partial charge is 0.171 e. The first-order chi connectivity index (χ1) is 8.48. The highest BCUT2D eigenvalue weighted by Crippen LogP contribution is 2.31. The van der Waals surface area contributed by atoms with E-state index in [2.05, 4.69) is 9.88 Å². The number of hydrogen-bond donors (Lipinski definition) is 1. The van der Waals surface area contributed by atoms with Crippen LogP contribution in [0.2, 0.25) is 0 Å². The lowest BCUT2D eigenvalue weighted by Crippen LogP contribution is -2.43. The van der Waals surface area contributed by atoms with Crippen LogP contribution in [0, 0.1) is 0 Å². The molecule has 0 amide bonds. The van der Waals surface area contributed by atoms with Gasteiger partial charge >= 0.3 is 0 Å². The Bertz CT molecular complexity index is 395. The van der Waals surface area contributed by atoms with Gasteiger partial charge in [0.05, 0.1) is 11.7 Å². The molecule has 1 aliphatic heterocycles. The predicted octanol–water partition coefficient (Wildman–Crippen LogP) is 2.22. The van der Waals surface area contributed by atoms with Gasteiger partial charge in [0, 0.05) is 19.3 Å². The van der Waals surface area contributed by atoms with Crippen LogP contribution in [0.5, 0.6) is 5.75 Å². The quantitative estimate of drug-likeness (QED) is 0.893. The third-order valence-corrected chi connectivity index (χ3v) is 3.25. The minimum atomic E-state index is -0.537. The number of anilines is 1. The van der Waals surface area contributed by atoms with Gasteiger partial charge in [0.2, 0.25) is 0 Å². The van der Waals surface area contributed by atoms with E-state index >= 15 is 0 Å². The summed E-state index contributed by atoms with van der Waals surface area (Å²) in [4.78, 5) is 6.61. The summed E-state index contributed by atoms with van der Waals surface area (Å²) in [5.74, 6) is 1.72. The van der Waals surface area contributed by atoms with Crippen molar-refractivity contribution in [1.82, 2.24) is 4.98 Å². The maximum atomic E-state index is 9.98. The maximum absolute atomic E-state index is 9.98. The fourth-order valence-corrected chi connectivity index (χ4v) is 2.17. The van der Waals surface area contributed by atoms with Crippen molar-refractivity contribution in [3.8, 4) is 5.75 Å². The van der Waals surface area contributed by atoms with Crippen LogP contribution in [0.4, 0.5) is 5.82 Å². The van der Waals surface area contributed by atoms with Crippen LogP contribution in [-0.4, -0.2) is 34.9 Å². The SMILES string of the molecule is CC(C)Oc1cccnc1N1CCC(C)(O)CC1. The van der Waals surface area contributed by atoms with Crippen LogP contribution >= 0.6 is 0 Å². The first kappa shape index (κ1) is 13.1. The van der Waals surface area contributed by atoms with Crippen LogP contribution in [-0.2, 0) is 0 Å². The van der Waals surface area contributed by atoms with E-state index < -0.39 is 5.60 Å². The third-order valence-electron chi connectivity index (χ3n) is 3.25. The van der Waals surface area contributed by atoms with Gasteiger partial charge in [0.1, 0.15) is 0 Å². The number of piperidine rings is 1. The lowest BCUT2D eigenvalue weighted by molar-refractivity contribution is 0.0348. The van der Waals surface area contributed by atoms with Crippen molar-refractivity contribution in [2.24, 2.45) is 0 Å². The molecule has 0 atom stereocenters. The monoisotopic (exact) mass is 250 g/mol. The second-order valence-electron chi connectivity index (χ2n) is 5.48. The first-order valence-electron chi connectivity index (χ1n) is 6.57. The maximum Gasteiger partial charge on any atom is 0.171 e. The standard InChI is InChI=1S/C14H22N2O2/c1-11(2)18-12-5-4-8-15-13(12)16-9-6-14(3,17)7-10-16/h4-5,8,11,17H,6-7,9-10H2,1-3H3. The molecule has 0 saturated carbocycles. The summed E-state index contributed by atoms with van der Waals surface area (Å²) in [5, 5.41) is 9.98. The number of aromatic nitrogens is 1. The molecule has 0 aromatic carbocycles. The van der Waals surface area contributed by atoms with Crippen molar-refractivity contribution < 1.29 is 9.84 Å². The molecule has 4 heteroatoms. The molecule has 1 aromatic heterocycles. The van der Waals surface area contributed by atoms with Gasteiger partial charge in [-0.25, -0.2) is 4.98 Å². The van der Waals surface area contributed by atoms with Gasteiger partial charge < -0.3 is 14.7 Å². The highest BCUT2D eigenvalue weighted by molar-refractivity contribution is 5.52. The molecule has 100 valence electrons. The number of nitrogens with zero attached hydrogens (tertiary/aromatic N) is 2. The molecule has 0 unspecified atom stereocenters. The van der Waals surface area contributed by atoms with Crippen LogP contribution < -0.4 is 9.64 Å². The van der Waals surface area contributed by atoms with E-state index in [1.54, 1.807) is 6.20 Å². The molecule has 0 aliphatic carbocycles. The second kappa shape index (κ2) is 5.14. The molecular weight excluding hydrogens is 228 g/mol. The first-order valence-corrected chi connectivity index (χ1v) is 6.57. The summed E-state index contributed by atoms with van der Waals surface area (Å²) in [6, 6.07) is 3.84. The summed E-state index contributed by atoms with van der Waals surface area (Å²) < 4.78 is 5.78. The van der Waals surface area contributed by atoms with E-state index in [0.29, 0.717) is 0 Å². The summed E-state index contributed by atoms with van der Waals surface area (Å²) >= 11 is 0. The molecule has 1 aromatic rings. The Morgan fingerprint density at radius 1 is 1.39 bits per heavy atom. The zero-order chi connectivity index (χ0) is 13.2. The van der Waals surface area contributed by atoms with Gasteiger partial charge in [-0.05, 0) is 45.7 Å². The topological polar surface area (TPSA) is 45.6 Å². The molecular formula is C14H22N2O2. The van der Waals surface area contributed by atoms with E-state index in [1.807, 2.05) is 32.9 Å². The minimum Gasteiger partial charge on any atom is -0.487 e. The fraction of sp³-hybridized carbons (Fsp3) is 0.643. The molecule has 1 N–H and O–H groups in total. The lowest BCUT2D eigenvalue weighted by atomic mass is 9.94. The molecule has 1 fully saturated rings. The number of rotatable bonds is 3. The van der Waals surface area contributed by atoms with Crippen LogP contribution in [0.3, 0.4) is 0 Å². The fourth-order valence-electron chi connectivity index (χ4n) is 2.17. The van der Waals surface area contributed by atoms with Crippen molar-refractivity contribution in [3.05, 3.63) is 18.3 Å². The van der Waals surface area contributed by atoms with E-state index in [4.69, 9.17) is 4.74 Å². The van der Waals surface area contributed by atoms with E-state index in [-0.39, 0.29) is 6.10 Å². The Hall–Kier alpha value is -1.29. The van der Waals surface area contributed by atoms with Crippen LogP contribution in [0.1, 0.15) is 33.6 Å².